The first kappa shape index (κ1) is 13.8. The van der Waals surface area contributed by atoms with E-state index in [-0.39, 0.29) is 11.8 Å². The Labute approximate surface area is 123 Å². The number of hydrogen-bond donors (Lipinski definition) is 1. The zero-order valence-corrected chi connectivity index (χ0v) is 12.0. The van der Waals surface area contributed by atoms with Gasteiger partial charge in [-0.3, -0.25) is 9.69 Å². The Morgan fingerprint density at radius 1 is 1.33 bits per heavy atom. The maximum atomic E-state index is 11.2. The lowest BCUT2D eigenvalue weighted by Gasteiger charge is -2.13. The SMILES string of the molecule is C[C@@H]1CN(Cc2cnn(-c3ccccc3)c2)C[C@H]1C(=O)O. The fraction of sp³-hybridized carbons (Fsp3) is 0.375. The van der Waals surface area contributed by atoms with E-state index < -0.39 is 5.97 Å². The highest BCUT2D eigenvalue weighted by Crippen LogP contribution is 2.24. The molecule has 21 heavy (non-hydrogen) atoms. The second-order valence-electron chi connectivity index (χ2n) is 5.74. The Hall–Kier alpha value is -2.14. The van der Waals surface area contributed by atoms with Crippen LogP contribution in [0.25, 0.3) is 5.69 Å². The van der Waals surface area contributed by atoms with Crippen molar-refractivity contribution in [1.82, 2.24) is 14.7 Å². The van der Waals surface area contributed by atoms with Gasteiger partial charge in [-0.15, -0.1) is 0 Å². The first-order valence-electron chi connectivity index (χ1n) is 7.17. The lowest BCUT2D eigenvalue weighted by Crippen LogP contribution is -2.23. The molecule has 5 heteroatoms. The van der Waals surface area contributed by atoms with Gasteiger partial charge in [-0.05, 0) is 18.1 Å². The van der Waals surface area contributed by atoms with Gasteiger partial charge < -0.3 is 5.11 Å². The van der Waals surface area contributed by atoms with E-state index in [1.807, 2.05) is 54.3 Å². The smallest absolute Gasteiger partial charge is 0.308 e. The largest absolute Gasteiger partial charge is 0.481 e. The second kappa shape index (κ2) is 5.69. The number of nitrogens with zero attached hydrogens (tertiary/aromatic N) is 3. The van der Waals surface area contributed by atoms with Crippen LogP contribution in [0.2, 0.25) is 0 Å². The number of aromatic nitrogens is 2. The summed E-state index contributed by atoms with van der Waals surface area (Å²) in [6.07, 6.45) is 3.86. The number of aliphatic carboxylic acids is 1. The third-order valence-corrected chi connectivity index (χ3v) is 4.07. The van der Waals surface area contributed by atoms with E-state index in [9.17, 15) is 9.90 Å². The molecule has 1 fully saturated rings. The van der Waals surface area contributed by atoms with Gasteiger partial charge in [0.15, 0.2) is 0 Å². The van der Waals surface area contributed by atoms with Crippen molar-refractivity contribution in [3.63, 3.8) is 0 Å². The third kappa shape index (κ3) is 2.97. The summed E-state index contributed by atoms with van der Waals surface area (Å²) in [6, 6.07) is 9.96. The van der Waals surface area contributed by atoms with E-state index in [0.717, 1.165) is 24.3 Å². The first-order chi connectivity index (χ1) is 10.1. The summed E-state index contributed by atoms with van der Waals surface area (Å²) in [5.41, 5.74) is 2.14. The Balaban J connectivity index is 1.67. The van der Waals surface area contributed by atoms with Gasteiger partial charge in [0.05, 0.1) is 17.8 Å². The standard InChI is InChI=1S/C16H19N3O2/c1-12-8-18(11-15(12)16(20)21)9-13-7-17-19(10-13)14-5-3-2-4-6-14/h2-7,10,12,15H,8-9,11H2,1H3,(H,20,21)/t12-,15-/m1/s1. The molecule has 3 rings (SSSR count). The molecule has 1 aliphatic rings. The van der Waals surface area contributed by atoms with Crippen molar-refractivity contribution in [2.24, 2.45) is 11.8 Å². The second-order valence-corrected chi connectivity index (χ2v) is 5.74. The minimum atomic E-state index is -0.690. The first-order valence-corrected chi connectivity index (χ1v) is 7.17. The molecule has 0 bridgehead atoms. The van der Waals surface area contributed by atoms with Gasteiger partial charge in [-0.25, -0.2) is 4.68 Å². The maximum absolute atomic E-state index is 11.2. The average Bonchev–Trinajstić information content (AvgIpc) is 3.07. The number of para-hydroxylation sites is 1. The van der Waals surface area contributed by atoms with Crippen LogP contribution in [0.5, 0.6) is 0 Å². The number of hydrogen-bond acceptors (Lipinski definition) is 3. The van der Waals surface area contributed by atoms with Gasteiger partial charge in [0.2, 0.25) is 0 Å². The maximum Gasteiger partial charge on any atom is 0.308 e. The Morgan fingerprint density at radius 3 is 2.76 bits per heavy atom. The van der Waals surface area contributed by atoms with Gasteiger partial charge in [0.25, 0.3) is 0 Å². The summed E-state index contributed by atoms with van der Waals surface area (Å²) in [6.45, 7) is 4.20. The molecular weight excluding hydrogens is 266 g/mol. The topological polar surface area (TPSA) is 58.4 Å². The van der Waals surface area contributed by atoms with E-state index in [0.29, 0.717) is 6.54 Å². The number of rotatable bonds is 4. The molecule has 1 aromatic heterocycles. The monoisotopic (exact) mass is 285 g/mol. The normalized spacial score (nSPS) is 22.5. The number of benzene rings is 1. The summed E-state index contributed by atoms with van der Waals surface area (Å²) < 4.78 is 1.85. The zero-order valence-electron chi connectivity index (χ0n) is 12.0. The van der Waals surface area contributed by atoms with Crippen molar-refractivity contribution in [3.8, 4) is 5.69 Å². The summed E-state index contributed by atoms with van der Waals surface area (Å²) in [5, 5.41) is 13.6. The molecule has 2 aromatic rings. The Morgan fingerprint density at radius 2 is 2.10 bits per heavy atom. The molecule has 1 saturated heterocycles. The quantitative estimate of drug-likeness (QED) is 0.933. The van der Waals surface area contributed by atoms with E-state index in [1.165, 1.54) is 0 Å². The molecule has 5 nitrogen and oxygen atoms in total. The highest BCUT2D eigenvalue weighted by Gasteiger charge is 2.34. The molecule has 0 amide bonds. The molecule has 0 unspecified atom stereocenters. The predicted octanol–water partition coefficient (Wildman–Crippen LogP) is 2.02. The Bertz CT molecular complexity index is 623. The molecule has 2 atom stereocenters. The van der Waals surface area contributed by atoms with Crippen LogP contribution in [0, 0.1) is 11.8 Å². The van der Waals surface area contributed by atoms with E-state index in [4.69, 9.17) is 0 Å². The molecule has 1 N–H and O–H groups in total. The van der Waals surface area contributed by atoms with Gasteiger partial charge >= 0.3 is 5.97 Å². The molecule has 0 saturated carbocycles. The van der Waals surface area contributed by atoms with E-state index >= 15 is 0 Å². The number of carboxylic acids is 1. The number of carboxylic acid groups (broad SMARTS) is 1. The van der Waals surface area contributed by atoms with E-state index in [1.54, 1.807) is 0 Å². The summed E-state index contributed by atoms with van der Waals surface area (Å²) in [5.74, 6) is -0.745. The molecular formula is C16H19N3O2. The van der Waals surface area contributed by atoms with Crippen molar-refractivity contribution in [2.75, 3.05) is 13.1 Å². The predicted molar refractivity (Wildman–Crippen MR) is 79.1 cm³/mol. The number of carbonyl (C=O) groups is 1. The summed E-state index contributed by atoms with van der Waals surface area (Å²) >= 11 is 0. The van der Waals surface area contributed by atoms with Crippen LogP contribution >= 0.6 is 0 Å². The summed E-state index contributed by atoms with van der Waals surface area (Å²) in [7, 11) is 0. The molecule has 0 radical (unpaired) electrons. The van der Waals surface area contributed by atoms with Gasteiger partial charge in [-0.2, -0.15) is 5.10 Å². The molecule has 1 aliphatic heterocycles. The zero-order chi connectivity index (χ0) is 14.8. The fourth-order valence-corrected chi connectivity index (χ4v) is 2.94. The minimum absolute atomic E-state index is 0.201. The van der Waals surface area contributed by atoms with Crippen LogP contribution in [0.15, 0.2) is 42.7 Å². The van der Waals surface area contributed by atoms with Gasteiger partial charge in [-0.1, -0.05) is 25.1 Å². The van der Waals surface area contributed by atoms with Crippen molar-refractivity contribution < 1.29 is 9.90 Å². The summed E-state index contributed by atoms with van der Waals surface area (Å²) in [4.78, 5) is 13.3. The number of likely N-dealkylation sites (tertiary alicyclic amines) is 1. The molecule has 1 aromatic carbocycles. The molecule has 2 heterocycles. The van der Waals surface area contributed by atoms with Crippen molar-refractivity contribution in [3.05, 3.63) is 48.3 Å². The van der Waals surface area contributed by atoms with Crippen molar-refractivity contribution in [2.45, 2.75) is 13.5 Å². The highest BCUT2D eigenvalue weighted by atomic mass is 16.4. The average molecular weight is 285 g/mol. The van der Waals surface area contributed by atoms with Crippen LogP contribution in [0.1, 0.15) is 12.5 Å². The minimum Gasteiger partial charge on any atom is -0.481 e. The van der Waals surface area contributed by atoms with E-state index in [2.05, 4.69) is 10.00 Å². The van der Waals surface area contributed by atoms with Crippen molar-refractivity contribution >= 4 is 5.97 Å². The molecule has 110 valence electrons. The highest BCUT2D eigenvalue weighted by molar-refractivity contribution is 5.71. The van der Waals surface area contributed by atoms with Crippen LogP contribution < -0.4 is 0 Å². The fourth-order valence-electron chi connectivity index (χ4n) is 2.94. The molecule has 0 aliphatic carbocycles. The molecule has 0 spiro atoms. The van der Waals surface area contributed by atoms with Crippen LogP contribution in [-0.4, -0.2) is 38.8 Å². The van der Waals surface area contributed by atoms with Gasteiger partial charge in [0, 0.05) is 31.4 Å². The van der Waals surface area contributed by atoms with Crippen LogP contribution in [0.4, 0.5) is 0 Å². The Kier molecular flexibility index (Phi) is 3.75. The van der Waals surface area contributed by atoms with Gasteiger partial charge in [0.1, 0.15) is 0 Å². The van der Waals surface area contributed by atoms with Crippen molar-refractivity contribution in [1.29, 1.82) is 0 Å². The lowest BCUT2D eigenvalue weighted by molar-refractivity contribution is -0.142. The lowest BCUT2D eigenvalue weighted by atomic mass is 9.99. The van der Waals surface area contributed by atoms with Crippen LogP contribution in [-0.2, 0) is 11.3 Å². The third-order valence-electron chi connectivity index (χ3n) is 4.07. The van der Waals surface area contributed by atoms with Crippen LogP contribution in [0.3, 0.4) is 0 Å².